The molecule has 1 atom stereocenters. The number of H-pyrrole nitrogens is 1. The summed E-state index contributed by atoms with van der Waals surface area (Å²) in [6.07, 6.45) is 5.98. The molecule has 7 heteroatoms. The Labute approximate surface area is 195 Å². The molecule has 2 aromatic carbocycles. The molecular weight excluding hydrogens is 430 g/mol. The standard InChI is InChI=1S/C26H23N5OS/c32-26(31-15-5-8-23(31)25-28-21-6-1-2-7-22(21)29-25)18-10-12-20(13-11-18)33-17-19-16-30-14-4-3-9-24(30)27-19/h1-4,6-7,9-14,16,23H,5,8,15,17H2,(H,28,29). The average molecular weight is 454 g/mol. The van der Waals surface area contributed by atoms with Crippen molar-refractivity contribution in [3.63, 3.8) is 0 Å². The molecule has 0 aliphatic carbocycles. The molecule has 1 amide bonds. The van der Waals surface area contributed by atoms with Crippen LogP contribution >= 0.6 is 11.8 Å². The van der Waals surface area contributed by atoms with Gasteiger partial charge in [0.2, 0.25) is 0 Å². The first-order valence-corrected chi connectivity index (χ1v) is 12.1. The summed E-state index contributed by atoms with van der Waals surface area (Å²) in [5.74, 6) is 1.73. The van der Waals surface area contributed by atoms with Crippen LogP contribution in [0.4, 0.5) is 0 Å². The molecule has 33 heavy (non-hydrogen) atoms. The average Bonchev–Trinajstić information content (AvgIpc) is 3.59. The first-order chi connectivity index (χ1) is 16.2. The van der Waals surface area contributed by atoms with Crippen LogP contribution in [-0.2, 0) is 5.75 Å². The van der Waals surface area contributed by atoms with Crippen molar-refractivity contribution in [2.75, 3.05) is 6.54 Å². The van der Waals surface area contributed by atoms with Gasteiger partial charge in [0, 0.05) is 35.2 Å². The number of rotatable bonds is 5. The number of hydrogen-bond donors (Lipinski definition) is 1. The van der Waals surface area contributed by atoms with Gasteiger partial charge in [-0.25, -0.2) is 9.97 Å². The summed E-state index contributed by atoms with van der Waals surface area (Å²) in [5.41, 5.74) is 4.67. The SMILES string of the molecule is O=C(c1ccc(SCc2cn3ccccc3n2)cc1)N1CCCC1c1nc2ccccc2[nH]1. The van der Waals surface area contributed by atoms with Gasteiger partial charge in [0.1, 0.15) is 11.5 Å². The number of aromatic amines is 1. The van der Waals surface area contributed by atoms with E-state index in [0.717, 1.165) is 63.8 Å². The van der Waals surface area contributed by atoms with Gasteiger partial charge in [-0.3, -0.25) is 4.79 Å². The van der Waals surface area contributed by atoms with Gasteiger partial charge in [0.15, 0.2) is 0 Å². The molecule has 1 aliphatic heterocycles. The maximum Gasteiger partial charge on any atom is 0.254 e. The van der Waals surface area contributed by atoms with Crippen molar-refractivity contribution in [1.29, 1.82) is 0 Å². The van der Waals surface area contributed by atoms with E-state index in [-0.39, 0.29) is 11.9 Å². The predicted molar refractivity (Wildman–Crippen MR) is 130 cm³/mol. The van der Waals surface area contributed by atoms with Crippen LogP contribution in [0.2, 0.25) is 0 Å². The second-order valence-corrected chi connectivity index (χ2v) is 9.36. The first kappa shape index (κ1) is 20.1. The highest BCUT2D eigenvalue weighted by Gasteiger charge is 2.32. The Bertz CT molecular complexity index is 1370. The zero-order chi connectivity index (χ0) is 22.2. The Morgan fingerprint density at radius 1 is 1.03 bits per heavy atom. The zero-order valence-corrected chi connectivity index (χ0v) is 18.8. The lowest BCUT2D eigenvalue weighted by Gasteiger charge is -2.23. The number of nitrogens with one attached hydrogen (secondary N) is 1. The van der Waals surface area contributed by atoms with Gasteiger partial charge in [0.25, 0.3) is 5.91 Å². The highest BCUT2D eigenvalue weighted by atomic mass is 32.2. The molecule has 1 fully saturated rings. The second-order valence-electron chi connectivity index (χ2n) is 8.31. The van der Waals surface area contributed by atoms with E-state index < -0.39 is 0 Å². The molecule has 1 saturated heterocycles. The van der Waals surface area contributed by atoms with Crippen LogP contribution < -0.4 is 0 Å². The van der Waals surface area contributed by atoms with Crippen molar-refractivity contribution in [3.8, 4) is 0 Å². The third-order valence-corrected chi connectivity index (χ3v) is 7.18. The van der Waals surface area contributed by atoms with Gasteiger partial charge in [-0.1, -0.05) is 18.2 Å². The number of fused-ring (bicyclic) bond motifs is 2. The molecule has 0 bridgehead atoms. The van der Waals surface area contributed by atoms with Gasteiger partial charge >= 0.3 is 0 Å². The molecule has 5 aromatic rings. The minimum absolute atomic E-state index is 0.00556. The smallest absolute Gasteiger partial charge is 0.254 e. The van der Waals surface area contributed by atoms with Crippen LogP contribution in [0.1, 0.15) is 40.8 Å². The van der Waals surface area contributed by atoms with E-state index in [4.69, 9.17) is 4.98 Å². The second kappa shape index (κ2) is 8.41. The summed E-state index contributed by atoms with van der Waals surface area (Å²) in [7, 11) is 0. The van der Waals surface area contributed by atoms with E-state index >= 15 is 0 Å². The van der Waals surface area contributed by atoms with E-state index in [0.29, 0.717) is 0 Å². The Morgan fingerprint density at radius 2 is 1.88 bits per heavy atom. The number of para-hydroxylation sites is 2. The summed E-state index contributed by atoms with van der Waals surface area (Å²) in [4.78, 5) is 29.2. The topological polar surface area (TPSA) is 66.3 Å². The predicted octanol–water partition coefficient (Wildman–Crippen LogP) is 5.48. The number of carbonyl (C=O) groups excluding carboxylic acids is 1. The largest absolute Gasteiger partial charge is 0.340 e. The number of imidazole rings is 2. The summed E-state index contributed by atoms with van der Waals surface area (Å²) >= 11 is 1.73. The van der Waals surface area contributed by atoms with Gasteiger partial charge in [-0.05, 0) is 61.4 Å². The molecule has 0 spiro atoms. The Kier molecular flexibility index (Phi) is 5.11. The van der Waals surface area contributed by atoms with Gasteiger partial charge < -0.3 is 14.3 Å². The Balaban J connectivity index is 1.15. The van der Waals surface area contributed by atoms with Gasteiger partial charge in [0.05, 0.1) is 22.8 Å². The highest BCUT2D eigenvalue weighted by molar-refractivity contribution is 7.98. The number of aromatic nitrogens is 4. The molecule has 1 aliphatic rings. The summed E-state index contributed by atoms with van der Waals surface area (Å²) in [5, 5.41) is 0. The van der Waals surface area contributed by atoms with Crippen molar-refractivity contribution in [3.05, 3.63) is 96.2 Å². The quantitative estimate of drug-likeness (QED) is 0.358. The molecule has 1 unspecified atom stereocenters. The van der Waals surface area contributed by atoms with E-state index in [9.17, 15) is 4.79 Å². The van der Waals surface area contributed by atoms with Crippen LogP contribution in [-0.4, -0.2) is 36.7 Å². The van der Waals surface area contributed by atoms with Crippen molar-refractivity contribution in [2.45, 2.75) is 29.5 Å². The van der Waals surface area contributed by atoms with Crippen LogP contribution in [0.25, 0.3) is 16.7 Å². The van der Waals surface area contributed by atoms with Crippen LogP contribution in [0.3, 0.4) is 0 Å². The van der Waals surface area contributed by atoms with E-state index in [1.54, 1.807) is 11.8 Å². The van der Waals surface area contributed by atoms with Crippen molar-refractivity contribution < 1.29 is 4.79 Å². The Hall–Kier alpha value is -3.58. The molecule has 1 N–H and O–H groups in total. The fourth-order valence-corrected chi connectivity index (χ4v) is 5.28. The number of benzene rings is 2. The number of pyridine rings is 1. The van der Waals surface area contributed by atoms with Gasteiger partial charge in [-0.15, -0.1) is 11.8 Å². The molecule has 0 radical (unpaired) electrons. The summed E-state index contributed by atoms with van der Waals surface area (Å²) in [6.45, 7) is 0.755. The fourth-order valence-electron chi connectivity index (χ4n) is 4.50. The van der Waals surface area contributed by atoms with Crippen LogP contribution in [0, 0.1) is 0 Å². The van der Waals surface area contributed by atoms with E-state index in [1.807, 2.05) is 82.2 Å². The number of carbonyl (C=O) groups is 1. The monoisotopic (exact) mass is 453 g/mol. The van der Waals surface area contributed by atoms with Crippen LogP contribution in [0.15, 0.2) is 84.0 Å². The lowest BCUT2D eigenvalue weighted by Crippen LogP contribution is -2.31. The molecule has 164 valence electrons. The number of thioether (sulfide) groups is 1. The molecule has 3 aromatic heterocycles. The molecule has 0 saturated carbocycles. The number of likely N-dealkylation sites (tertiary alicyclic amines) is 1. The number of nitrogens with zero attached hydrogens (tertiary/aromatic N) is 4. The third-order valence-electron chi connectivity index (χ3n) is 6.14. The fraction of sp³-hybridized carbons (Fsp3) is 0.192. The minimum Gasteiger partial charge on any atom is -0.340 e. The number of amides is 1. The molecule has 4 heterocycles. The maximum absolute atomic E-state index is 13.3. The maximum atomic E-state index is 13.3. The summed E-state index contributed by atoms with van der Waals surface area (Å²) < 4.78 is 2.03. The lowest BCUT2D eigenvalue weighted by atomic mass is 10.1. The lowest BCUT2D eigenvalue weighted by molar-refractivity contribution is 0.0730. The zero-order valence-electron chi connectivity index (χ0n) is 18.0. The van der Waals surface area contributed by atoms with E-state index in [1.165, 1.54) is 0 Å². The Morgan fingerprint density at radius 3 is 2.73 bits per heavy atom. The number of hydrogen-bond acceptors (Lipinski definition) is 4. The minimum atomic E-state index is -0.00556. The molecule has 6 nitrogen and oxygen atoms in total. The highest BCUT2D eigenvalue weighted by Crippen LogP contribution is 2.33. The molecular formula is C26H23N5OS. The van der Waals surface area contributed by atoms with Crippen molar-refractivity contribution >= 4 is 34.3 Å². The van der Waals surface area contributed by atoms with E-state index in [2.05, 4.69) is 16.2 Å². The summed E-state index contributed by atoms with van der Waals surface area (Å²) in [6, 6.07) is 21.9. The van der Waals surface area contributed by atoms with Crippen molar-refractivity contribution in [1.82, 2.24) is 24.3 Å². The van der Waals surface area contributed by atoms with Crippen LogP contribution in [0.5, 0.6) is 0 Å². The normalized spacial score (nSPS) is 16.1. The third kappa shape index (κ3) is 3.89. The molecule has 6 rings (SSSR count). The van der Waals surface area contributed by atoms with Gasteiger partial charge in [-0.2, -0.15) is 0 Å². The first-order valence-electron chi connectivity index (χ1n) is 11.2. The van der Waals surface area contributed by atoms with Crippen molar-refractivity contribution in [2.24, 2.45) is 0 Å².